The van der Waals surface area contributed by atoms with Crippen molar-refractivity contribution in [3.05, 3.63) is 131 Å². The summed E-state index contributed by atoms with van der Waals surface area (Å²) in [5.74, 6) is 0.321. The molecular weight excluding hydrogens is 852 g/mol. The van der Waals surface area contributed by atoms with E-state index in [9.17, 15) is 9.59 Å². The molecule has 1 amide bonds. The third-order valence-electron chi connectivity index (χ3n) is 12.4. The van der Waals surface area contributed by atoms with Gasteiger partial charge in [0.05, 0.1) is 11.8 Å². The Morgan fingerprint density at radius 3 is 1.93 bits per heavy atom. The van der Waals surface area contributed by atoms with Gasteiger partial charge in [-0.2, -0.15) is 0 Å². The maximum Gasteiger partial charge on any atom is 0.226 e. The molecule has 0 aliphatic carbocycles. The second kappa shape index (κ2) is 20.4. The number of Topliss-reactive ketones (excluding diaryl/α,β-unsaturated/α-hetero) is 1. The Kier molecular flexibility index (Phi) is 16.8. The molecular formula is C50H58N3O2Y2-. The molecule has 4 aromatic carbocycles. The number of amides is 1. The van der Waals surface area contributed by atoms with E-state index in [0.717, 1.165) is 25.7 Å². The fraction of sp³-hybridized carbons (Fsp3) is 0.380. The number of allylic oxidation sites excluding steroid dienone is 8. The Morgan fingerprint density at radius 2 is 1.33 bits per heavy atom. The molecule has 7 heteroatoms. The van der Waals surface area contributed by atoms with Gasteiger partial charge in [0.2, 0.25) is 5.91 Å². The van der Waals surface area contributed by atoms with E-state index in [0.29, 0.717) is 32.4 Å². The SMILES string of the molecule is CCC(=O)CCN1/C(=C/C=C/C=C/C=C/C2=[N+](CCC(=O)NC)c3ccc4cc(C)c[c-]c4c3C2(CC)CC)C(CC)(CC)c2c1ccc1cc(C)c[c-]c21.[Y].[Y]. The molecule has 0 saturated carbocycles. The van der Waals surface area contributed by atoms with Gasteiger partial charge in [0.15, 0.2) is 17.9 Å². The molecule has 0 aromatic heterocycles. The van der Waals surface area contributed by atoms with Crippen molar-refractivity contribution in [2.75, 3.05) is 25.0 Å². The number of anilines is 1. The number of carbonyl (C=O) groups excluding carboxylic acids is 2. The molecule has 0 fully saturated rings. The zero-order valence-corrected chi connectivity index (χ0v) is 41.1. The molecule has 292 valence electrons. The molecule has 5 nitrogen and oxygen atoms in total. The summed E-state index contributed by atoms with van der Waals surface area (Å²) in [6.45, 7) is 16.6. The Labute approximate surface area is 392 Å². The van der Waals surface area contributed by atoms with Crippen molar-refractivity contribution in [3.63, 3.8) is 0 Å². The van der Waals surface area contributed by atoms with Gasteiger partial charge in [-0.1, -0.05) is 103 Å². The summed E-state index contributed by atoms with van der Waals surface area (Å²) in [6.07, 6.45) is 20.4. The number of hydrogen-bond acceptors (Lipinski definition) is 3. The minimum atomic E-state index is -0.197. The van der Waals surface area contributed by atoms with Crippen LogP contribution in [0, 0.1) is 26.0 Å². The third kappa shape index (κ3) is 8.89. The average molecular weight is 911 g/mol. The monoisotopic (exact) mass is 910 g/mol. The summed E-state index contributed by atoms with van der Waals surface area (Å²) in [5, 5.41) is 7.58. The zero-order valence-electron chi connectivity index (χ0n) is 35.4. The van der Waals surface area contributed by atoms with Gasteiger partial charge in [0.1, 0.15) is 5.78 Å². The maximum absolute atomic E-state index is 12.6. The van der Waals surface area contributed by atoms with Gasteiger partial charge in [0.25, 0.3) is 0 Å². The van der Waals surface area contributed by atoms with E-state index in [1.165, 1.54) is 66.6 Å². The van der Waals surface area contributed by atoms with E-state index >= 15 is 0 Å². The molecule has 0 bridgehead atoms. The minimum absolute atomic E-state index is 0. The van der Waals surface area contributed by atoms with E-state index in [4.69, 9.17) is 0 Å². The van der Waals surface area contributed by atoms with Gasteiger partial charge < -0.3 is 10.2 Å². The Hall–Kier alpha value is -2.82. The van der Waals surface area contributed by atoms with Gasteiger partial charge in [-0.05, 0) is 43.4 Å². The number of rotatable bonds is 15. The smallest absolute Gasteiger partial charge is 0.226 e. The van der Waals surface area contributed by atoms with Crippen LogP contribution in [0.1, 0.15) is 102 Å². The van der Waals surface area contributed by atoms with Crippen molar-refractivity contribution in [2.24, 2.45) is 0 Å². The third-order valence-corrected chi connectivity index (χ3v) is 12.4. The van der Waals surface area contributed by atoms with E-state index in [1.807, 2.05) is 6.92 Å². The van der Waals surface area contributed by atoms with Crippen LogP contribution in [0.3, 0.4) is 0 Å². The second-order valence-electron chi connectivity index (χ2n) is 15.2. The molecule has 1 N–H and O–H groups in total. The summed E-state index contributed by atoms with van der Waals surface area (Å²) in [6, 6.07) is 24.9. The number of ketones is 1. The Bertz CT molecular complexity index is 2270. The van der Waals surface area contributed by atoms with E-state index < -0.39 is 0 Å². The van der Waals surface area contributed by atoms with Crippen LogP contribution >= 0.6 is 0 Å². The molecule has 2 radical (unpaired) electrons. The fourth-order valence-electron chi connectivity index (χ4n) is 9.31. The summed E-state index contributed by atoms with van der Waals surface area (Å²) < 4.78 is 2.36. The van der Waals surface area contributed by atoms with Gasteiger partial charge >= 0.3 is 0 Å². The Morgan fingerprint density at radius 1 is 0.754 bits per heavy atom. The van der Waals surface area contributed by atoms with Gasteiger partial charge in [-0.25, -0.2) is 4.58 Å². The first-order valence-electron chi connectivity index (χ1n) is 20.4. The van der Waals surface area contributed by atoms with Crippen LogP contribution in [0.4, 0.5) is 11.4 Å². The van der Waals surface area contributed by atoms with Crippen LogP contribution in [0.5, 0.6) is 0 Å². The number of carbonyl (C=O) groups is 2. The van der Waals surface area contributed by atoms with Crippen LogP contribution in [-0.2, 0) is 85.8 Å². The summed E-state index contributed by atoms with van der Waals surface area (Å²) in [7, 11) is 1.70. The minimum Gasteiger partial charge on any atom is -0.359 e. The molecule has 0 spiro atoms. The van der Waals surface area contributed by atoms with Crippen LogP contribution in [-0.4, -0.2) is 42.1 Å². The molecule has 2 aliphatic rings. The van der Waals surface area contributed by atoms with Crippen LogP contribution in [0.25, 0.3) is 21.5 Å². The topological polar surface area (TPSA) is 52.4 Å². The quantitative estimate of drug-likeness (QED) is 0.0735. The second-order valence-corrected chi connectivity index (χ2v) is 15.2. The average Bonchev–Trinajstić information content (AvgIpc) is 3.64. The summed E-state index contributed by atoms with van der Waals surface area (Å²) in [5.41, 5.74) is 9.54. The molecule has 6 rings (SSSR count). The first-order valence-corrected chi connectivity index (χ1v) is 20.4. The van der Waals surface area contributed by atoms with E-state index in [1.54, 1.807) is 7.05 Å². The predicted molar refractivity (Wildman–Crippen MR) is 231 cm³/mol. The normalized spacial score (nSPS) is 16.2. The van der Waals surface area contributed by atoms with Crippen molar-refractivity contribution in [3.8, 4) is 0 Å². The standard InChI is InChI=1S/C50H58N3O2.2Y/c1-9-39(54)29-31-52-42-27-23-37-33-35(6)21-25-40(37)47(42)49(10-2,11-3)44(52)19-17-15-14-16-18-20-45-50(12-4,13-5)48-41-26-22-36(7)34-38(41)24-28-43(48)53(45)32-30-46(55)51-8;;/h14-24,27-28,33-34H,9-13,29-32H2,1-8H3,(H,51,55);;/q-1;;. The number of fused-ring (bicyclic) bond motifs is 6. The molecule has 0 saturated heterocycles. The number of nitrogens with zero attached hydrogens (tertiary/aromatic N) is 2. The molecule has 0 unspecified atom stereocenters. The first-order chi connectivity index (χ1) is 26.6. The predicted octanol–water partition coefficient (Wildman–Crippen LogP) is 11.0. The summed E-state index contributed by atoms with van der Waals surface area (Å²) >= 11 is 0. The van der Waals surface area contributed by atoms with Crippen molar-refractivity contribution >= 4 is 50.3 Å². The van der Waals surface area contributed by atoms with Crippen molar-refractivity contribution in [1.29, 1.82) is 0 Å². The van der Waals surface area contributed by atoms with Gasteiger partial charge in [-0.3, -0.25) is 9.59 Å². The molecule has 2 aliphatic heterocycles. The van der Waals surface area contributed by atoms with E-state index in [-0.39, 0.29) is 87.9 Å². The Balaban J connectivity index is 0.00000360. The van der Waals surface area contributed by atoms with Gasteiger partial charge in [-0.15, -0.1) is 69.1 Å². The number of benzene rings is 4. The molecule has 57 heavy (non-hydrogen) atoms. The maximum atomic E-state index is 12.6. The fourth-order valence-corrected chi connectivity index (χ4v) is 9.31. The van der Waals surface area contributed by atoms with Gasteiger partial charge in [0, 0.05) is 115 Å². The molecule has 0 atom stereocenters. The number of hydrogen-bond donors (Lipinski definition) is 1. The molecule has 4 aromatic rings. The largest absolute Gasteiger partial charge is 0.359 e. The number of aryl methyl sites for hydroxylation is 2. The number of nitrogens with one attached hydrogen (secondary N) is 1. The first kappa shape index (κ1) is 46.9. The summed E-state index contributed by atoms with van der Waals surface area (Å²) in [4.78, 5) is 27.5. The van der Waals surface area contributed by atoms with Crippen molar-refractivity contribution < 1.29 is 79.6 Å². The zero-order chi connectivity index (χ0) is 39.3. The van der Waals surface area contributed by atoms with Crippen LogP contribution < -0.4 is 10.2 Å². The van der Waals surface area contributed by atoms with Crippen LogP contribution in [0.2, 0.25) is 0 Å². The molecule has 2 heterocycles. The van der Waals surface area contributed by atoms with Crippen molar-refractivity contribution in [2.45, 2.75) is 104 Å². The van der Waals surface area contributed by atoms with Crippen molar-refractivity contribution in [1.82, 2.24) is 5.32 Å². The van der Waals surface area contributed by atoms with Crippen LogP contribution in [0.15, 0.2) is 96.8 Å². The van der Waals surface area contributed by atoms with E-state index in [2.05, 4.69) is 160 Å².